The lowest BCUT2D eigenvalue weighted by Gasteiger charge is -2.27. The van der Waals surface area contributed by atoms with Crippen LogP contribution in [0.5, 0.6) is 0 Å². The van der Waals surface area contributed by atoms with Gasteiger partial charge in [0.25, 0.3) is 5.91 Å². The molecule has 1 aliphatic heterocycles. The van der Waals surface area contributed by atoms with Crippen molar-refractivity contribution in [3.8, 4) is 0 Å². The SMILES string of the molecule is COCc1cccc(NC2(C(N)=O)CC=C(c3cc(Cl)ccc3Cl)S2)n1. The van der Waals surface area contributed by atoms with Crippen molar-refractivity contribution in [1.82, 2.24) is 4.98 Å². The van der Waals surface area contributed by atoms with Crippen molar-refractivity contribution in [2.24, 2.45) is 5.73 Å². The molecule has 3 rings (SSSR count). The maximum atomic E-state index is 12.3. The zero-order chi connectivity index (χ0) is 18.7. The first-order valence-electron chi connectivity index (χ1n) is 7.81. The summed E-state index contributed by atoms with van der Waals surface area (Å²) in [5.41, 5.74) is 7.25. The summed E-state index contributed by atoms with van der Waals surface area (Å²) in [5.74, 6) is 0.0727. The van der Waals surface area contributed by atoms with Gasteiger partial charge in [-0.05, 0) is 30.3 Å². The molecule has 2 heterocycles. The lowest BCUT2D eigenvalue weighted by atomic mass is 10.1. The fraction of sp³-hybridized carbons (Fsp3) is 0.222. The minimum absolute atomic E-state index is 0.383. The molecule has 0 radical (unpaired) electrons. The zero-order valence-corrected chi connectivity index (χ0v) is 16.3. The molecule has 0 saturated carbocycles. The van der Waals surface area contributed by atoms with E-state index in [4.69, 9.17) is 33.7 Å². The second kappa shape index (κ2) is 7.88. The summed E-state index contributed by atoms with van der Waals surface area (Å²) in [6.07, 6.45) is 2.33. The lowest BCUT2D eigenvalue weighted by molar-refractivity contribution is -0.119. The van der Waals surface area contributed by atoms with Gasteiger partial charge in [0, 0.05) is 34.0 Å². The monoisotopic (exact) mass is 409 g/mol. The normalized spacial score (nSPS) is 19.3. The Balaban J connectivity index is 1.86. The van der Waals surface area contributed by atoms with Gasteiger partial charge in [-0.1, -0.05) is 47.1 Å². The molecular formula is C18H17Cl2N3O2S. The highest BCUT2D eigenvalue weighted by molar-refractivity contribution is 8.10. The molecule has 26 heavy (non-hydrogen) atoms. The van der Waals surface area contributed by atoms with Crippen LogP contribution in [0.25, 0.3) is 4.91 Å². The molecule has 1 aromatic carbocycles. The smallest absolute Gasteiger partial charge is 0.254 e. The van der Waals surface area contributed by atoms with Crippen LogP contribution < -0.4 is 11.1 Å². The van der Waals surface area contributed by atoms with Crippen LogP contribution >= 0.6 is 35.0 Å². The van der Waals surface area contributed by atoms with E-state index in [0.717, 1.165) is 16.2 Å². The third kappa shape index (κ3) is 3.99. The van der Waals surface area contributed by atoms with Crippen molar-refractivity contribution < 1.29 is 9.53 Å². The summed E-state index contributed by atoms with van der Waals surface area (Å²) in [7, 11) is 1.60. The molecule has 1 unspecified atom stereocenters. The number of aromatic nitrogens is 1. The minimum atomic E-state index is -1.04. The summed E-state index contributed by atoms with van der Waals surface area (Å²) in [4.78, 5) is 16.5. The number of ether oxygens (including phenoxy) is 1. The van der Waals surface area contributed by atoms with Gasteiger partial charge in [-0.15, -0.1) is 0 Å². The van der Waals surface area contributed by atoms with Crippen LogP contribution in [0.2, 0.25) is 10.0 Å². The molecule has 0 fully saturated rings. The highest BCUT2D eigenvalue weighted by Gasteiger charge is 2.42. The van der Waals surface area contributed by atoms with Gasteiger partial charge in [0.1, 0.15) is 5.82 Å². The fourth-order valence-corrected chi connectivity index (χ4v) is 4.32. The van der Waals surface area contributed by atoms with E-state index >= 15 is 0 Å². The van der Waals surface area contributed by atoms with Gasteiger partial charge in [-0.2, -0.15) is 0 Å². The Labute approximate surface area is 165 Å². The molecule has 5 nitrogen and oxygen atoms in total. The van der Waals surface area contributed by atoms with E-state index in [1.807, 2.05) is 18.2 Å². The van der Waals surface area contributed by atoms with E-state index in [0.29, 0.717) is 28.9 Å². The molecule has 0 saturated heterocycles. The number of carbonyl (C=O) groups excluding carboxylic acids is 1. The molecular weight excluding hydrogens is 393 g/mol. The summed E-state index contributed by atoms with van der Waals surface area (Å²) in [6, 6.07) is 10.7. The van der Waals surface area contributed by atoms with Gasteiger partial charge in [-0.3, -0.25) is 4.79 Å². The fourth-order valence-electron chi connectivity index (χ4n) is 2.63. The van der Waals surface area contributed by atoms with Crippen LogP contribution in [0.4, 0.5) is 5.82 Å². The van der Waals surface area contributed by atoms with Crippen LogP contribution in [0.15, 0.2) is 42.5 Å². The molecule has 1 amide bonds. The molecule has 1 aromatic heterocycles. The highest BCUT2D eigenvalue weighted by atomic mass is 35.5. The van der Waals surface area contributed by atoms with Gasteiger partial charge < -0.3 is 15.8 Å². The van der Waals surface area contributed by atoms with Gasteiger partial charge >= 0.3 is 0 Å². The molecule has 2 aromatic rings. The van der Waals surface area contributed by atoms with Crippen molar-refractivity contribution in [3.63, 3.8) is 0 Å². The highest BCUT2D eigenvalue weighted by Crippen LogP contribution is 2.48. The number of carbonyl (C=O) groups is 1. The number of anilines is 1. The Hall–Kier alpha value is -1.73. The molecule has 1 atom stereocenters. The summed E-state index contributed by atoms with van der Waals surface area (Å²) >= 11 is 13.7. The standard InChI is InChI=1S/C18H17Cl2N3O2S/c1-25-10-12-3-2-4-16(22-12)23-18(17(21)24)8-7-15(26-18)13-9-11(19)5-6-14(13)20/h2-7,9H,8,10H2,1H3,(H2,21,24)(H,22,23). The molecule has 0 spiro atoms. The number of benzene rings is 1. The third-order valence-corrected chi connectivity index (χ3v) is 5.87. The third-order valence-electron chi connectivity index (χ3n) is 3.88. The second-order valence-corrected chi connectivity index (χ2v) is 7.95. The maximum absolute atomic E-state index is 12.3. The molecule has 136 valence electrons. The lowest BCUT2D eigenvalue weighted by Crippen LogP contribution is -2.46. The quantitative estimate of drug-likeness (QED) is 0.742. The number of hydrogen-bond acceptors (Lipinski definition) is 5. The van der Waals surface area contributed by atoms with Crippen LogP contribution in [-0.2, 0) is 16.1 Å². The predicted octanol–water partition coefficient (Wildman–Crippen LogP) is 4.31. The Morgan fingerprint density at radius 1 is 1.38 bits per heavy atom. The Morgan fingerprint density at radius 2 is 2.19 bits per heavy atom. The van der Waals surface area contributed by atoms with Crippen molar-refractivity contribution in [2.75, 3.05) is 12.4 Å². The molecule has 8 heteroatoms. The van der Waals surface area contributed by atoms with Crippen molar-refractivity contribution in [1.29, 1.82) is 0 Å². The van der Waals surface area contributed by atoms with Crippen LogP contribution in [0, 0.1) is 0 Å². The Morgan fingerprint density at radius 3 is 2.92 bits per heavy atom. The summed E-state index contributed by atoms with van der Waals surface area (Å²) < 4.78 is 5.10. The summed E-state index contributed by atoms with van der Waals surface area (Å²) in [5, 5.41) is 4.32. The van der Waals surface area contributed by atoms with E-state index in [1.54, 1.807) is 31.4 Å². The molecule has 0 aliphatic carbocycles. The maximum Gasteiger partial charge on any atom is 0.254 e. The number of thioether (sulfide) groups is 1. The average molecular weight is 410 g/mol. The van der Waals surface area contributed by atoms with E-state index in [1.165, 1.54) is 11.8 Å². The molecule has 0 bridgehead atoms. The number of halogens is 2. The number of primary amides is 1. The summed E-state index contributed by atoms with van der Waals surface area (Å²) in [6.45, 7) is 0.383. The van der Waals surface area contributed by atoms with E-state index in [2.05, 4.69) is 10.3 Å². The number of nitrogens with two attached hydrogens (primary N) is 1. The van der Waals surface area contributed by atoms with Gasteiger partial charge in [0.05, 0.1) is 12.3 Å². The van der Waals surface area contributed by atoms with Crippen LogP contribution in [-0.4, -0.2) is 22.9 Å². The number of methoxy groups -OCH3 is 1. The van der Waals surface area contributed by atoms with E-state index in [-0.39, 0.29) is 0 Å². The first kappa shape index (κ1) is 19.0. The minimum Gasteiger partial charge on any atom is -0.378 e. The van der Waals surface area contributed by atoms with Crippen molar-refractivity contribution in [3.05, 3.63) is 63.8 Å². The average Bonchev–Trinajstić information content (AvgIpc) is 3.03. The van der Waals surface area contributed by atoms with Crippen LogP contribution in [0.3, 0.4) is 0 Å². The predicted molar refractivity (Wildman–Crippen MR) is 107 cm³/mol. The Bertz CT molecular complexity index is 875. The Kier molecular flexibility index (Phi) is 5.77. The van der Waals surface area contributed by atoms with Gasteiger partial charge in [0.2, 0.25) is 0 Å². The van der Waals surface area contributed by atoms with Crippen molar-refractivity contribution in [2.45, 2.75) is 17.9 Å². The van der Waals surface area contributed by atoms with Crippen LogP contribution in [0.1, 0.15) is 17.7 Å². The first-order valence-corrected chi connectivity index (χ1v) is 9.38. The number of nitrogens with zero attached hydrogens (tertiary/aromatic N) is 1. The number of rotatable bonds is 6. The van der Waals surface area contributed by atoms with Gasteiger partial charge in [0.15, 0.2) is 4.87 Å². The molecule has 3 N–H and O–H groups in total. The largest absolute Gasteiger partial charge is 0.378 e. The second-order valence-electron chi connectivity index (χ2n) is 5.76. The number of nitrogens with one attached hydrogen (secondary N) is 1. The van der Waals surface area contributed by atoms with E-state index < -0.39 is 10.8 Å². The van der Waals surface area contributed by atoms with Gasteiger partial charge in [-0.25, -0.2) is 4.98 Å². The van der Waals surface area contributed by atoms with Crippen molar-refractivity contribution >= 4 is 51.6 Å². The van der Waals surface area contributed by atoms with E-state index in [9.17, 15) is 4.79 Å². The first-order chi connectivity index (χ1) is 12.4. The number of hydrogen-bond donors (Lipinski definition) is 2. The number of amides is 1. The number of pyridine rings is 1. The zero-order valence-electron chi connectivity index (χ0n) is 14.0. The molecule has 1 aliphatic rings. The topological polar surface area (TPSA) is 77.2 Å².